The predicted molar refractivity (Wildman–Crippen MR) is 109 cm³/mol. The fourth-order valence-corrected chi connectivity index (χ4v) is 4.11. The lowest BCUT2D eigenvalue weighted by atomic mass is 9.89. The van der Waals surface area contributed by atoms with Gasteiger partial charge in [-0.3, -0.25) is 4.79 Å². The van der Waals surface area contributed by atoms with Crippen LogP contribution in [0.1, 0.15) is 31.7 Å². The van der Waals surface area contributed by atoms with Crippen LogP contribution in [0, 0.1) is 5.92 Å². The Morgan fingerprint density at radius 3 is 2.03 bits per heavy atom. The second-order valence-electron chi connectivity index (χ2n) is 7.43. The van der Waals surface area contributed by atoms with E-state index in [1.165, 1.54) is 6.07 Å². The number of amides is 1. The highest BCUT2D eigenvalue weighted by Gasteiger charge is 2.30. The number of benzene rings is 1. The molecule has 1 aromatic carbocycles. The molecule has 9 heteroatoms. The number of ether oxygens (including phenoxy) is 3. The lowest BCUT2D eigenvalue weighted by Gasteiger charge is -2.29. The van der Waals surface area contributed by atoms with Crippen LogP contribution >= 0.6 is 0 Å². The first-order valence-corrected chi connectivity index (χ1v) is 11.5. The van der Waals surface area contributed by atoms with E-state index in [0.29, 0.717) is 64.7 Å². The number of hydrogen-bond donors (Lipinski definition) is 1. The Balaban J connectivity index is 2.29. The molecule has 0 saturated carbocycles. The zero-order valence-corrected chi connectivity index (χ0v) is 18.0. The van der Waals surface area contributed by atoms with Crippen molar-refractivity contribution in [1.82, 2.24) is 4.90 Å². The Bertz CT molecular complexity index is 741. The highest BCUT2D eigenvalue weighted by atomic mass is 32.2. The van der Waals surface area contributed by atoms with Crippen molar-refractivity contribution in [2.75, 3.05) is 52.7 Å². The largest absolute Gasteiger partial charge is 0.377 e. The van der Waals surface area contributed by atoms with Crippen molar-refractivity contribution in [2.45, 2.75) is 31.1 Å². The molecule has 0 spiro atoms. The van der Waals surface area contributed by atoms with Crippen LogP contribution in [0.3, 0.4) is 0 Å². The maximum atomic E-state index is 13.5. The van der Waals surface area contributed by atoms with Crippen molar-refractivity contribution in [2.24, 2.45) is 11.1 Å². The summed E-state index contributed by atoms with van der Waals surface area (Å²) < 4.78 is 40.7. The Morgan fingerprint density at radius 1 is 1.00 bits per heavy atom. The molecular weight excluding hydrogens is 396 g/mol. The van der Waals surface area contributed by atoms with Gasteiger partial charge in [0.25, 0.3) is 0 Å². The molecule has 0 aliphatic carbocycles. The summed E-state index contributed by atoms with van der Waals surface area (Å²) in [7, 11) is -3.95. The number of carbonyl (C=O) groups excluding carboxylic acids is 1. The molecule has 164 valence electrons. The van der Waals surface area contributed by atoms with E-state index in [1.807, 2.05) is 13.8 Å². The van der Waals surface area contributed by atoms with Gasteiger partial charge in [0, 0.05) is 13.1 Å². The highest BCUT2D eigenvalue weighted by molar-refractivity contribution is 7.89. The van der Waals surface area contributed by atoms with Gasteiger partial charge in [-0.1, -0.05) is 32.0 Å². The van der Waals surface area contributed by atoms with Crippen molar-refractivity contribution in [3.8, 4) is 0 Å². The second-order valence-corrected chi connectivity index (χ2v) is 8.96. The van der Waals surface area contributed by atoms with Gasteiger partial charge in [0.15, 0.2) is 0 Å². The number of carbonyl (C=O) groups is 1. The average Bonchev–Trinajstić information content (AvgIpc) is 2.65. The number of rotatable bonds is 5. The Kier molecular flexibility index (Phi) is 9.51. The Labute approximate surface area is 173 Å². The number of hydrogen-bond acceptors (Lipinski definition) is 6. The van der Waals surface area contributed by atoms with Crippen LogP contribution in [0.5, 0.6) is 0 Å². The van der Waals surface area contributed by atoms with E-state index in [-0.39, 0.29) is 16.7 Å². The highest BCUT2D eigenvalue weighted by Crippen LogP contribution is 2.30. The first-order chi connectivity index (χ1) is 13.8. The standard InChI is InChI=1S/C20H32N2O6S/c1-16(2)15-18(17-5-3-4-6-19(17)29(21,24)25)20(23)22-7-9-26-11-13-28-14-12-27-10-8-22/h3-6,16,18H,7-15H2,1-2H3,(H2,21,24,25). The SMILES string of the molecule is CC(C)CC(C(=O)N1CCOCCOCCOCC1)c1ccccc1S(N)(=O)=O. The molecule has 2 N–H and O–H groups in total. The number of nitrogens with two attached hydrogens (primary N) is 1. The third kappa shape index (κ3) is 7.67. The fourth-order valence-electron chi connectivity index (χ4n) is 3.30. The third-order valence-corrected chi connectivity index (χ3v) is 5.66. The maximum absolute atomic E-state index is 13.5. The van der Waals surface area contributed by atoms with E-state index in [4.69, 9.17) is 19.3 Å². The van der Waals surface area contributed by atoms with E-state index in [9.17, 15) is 13.2 Å². The zero-order chi connectivity index (χ0) is 21.3. The Hall–Kier alpha value is -1.52. The molecule has 1 atom stereocenters. The molecule has 0 bridgehead atoms. The summed E-state index contributed by atoms with van der Waals surface area (Å²) in [4.78, 5) is 15.2. The molecule has 1 heterocycles. The lowest BCUT2D eigenvalue weighted by Crippen LogP contribution is -2.41. The van der Waals surface area contributed by atoms with Crippen LogP contribution in [0.25, 0.3) is 0 Å². The van der Waals surface area contributed by atoms with Crippen molar-refractivity contribution in [1.29, 1.82) is 0 Å². The predicted octanol–water partition coefficient (Wildman–Crippen LogP) is 1.36. The molecular formula is C20H32N2O6S. The average molecular weight is 429 g/mol. The van der Waals surface area contributed by atoms with Crippen LogP contribution in [0.2, 0.25) is 0 Å². The fraction of sp³-hybridized carbons (Fsp3) is 0.650. The Morgan fingerprint density at radius 2 is 1.52 bits per heavy atom. The molecule has 0 radical (unpaired) electrons. The minimum Gasteiger partial charge on any atom is -0.377 e. The molecule has 1 aromatic rings. The number of sulfonamides is 1. The summed E-state index contributed by atoms with van der Waals surface area (Å²) >= 11 is 0. The minimum absolute atomic E-state index is 0.00185. The van der Waals surface area contributed by atoms with E-state index in [0.717, 1.165) is 0 Å². The molecule has 29 heavy (non-hydrogen) atoms. The van der Waals surface area contributed by atoms with Gasteiger partial charge in [0.2, 0.25) is 15.9 Å². The maximum Gasteiger partial charge on any atom is 0.238 e. The zero-order valence-electron chi connectivity index (χ0n) is 17.2. The molecule has 1 unspecified atom stereocenters. The third-order valence-electron chi connectivity index (χ3n) is 4.67. The van der Waals surface area contributed by atoms with Crippen LogP contribution in [0.4, 0.5) is 0 Å². The van der Waals surface area contributed by atoms with E-state index < -0.39 is 15.9 Å². The van der Waals surface area contributed by atoms with Crippen LogP contribution in [0.15, 0.2) is 29.2 Å². The summed E-state index contributed by atoms with van der Waals surface area (Å²) in [6, 6.07) is 6.46. The molecule has 1 saturated heterocycles. The molecule has 8 nitrogen and oxygen atoms in total. The molecule has 1 aliphatic rings. The summed E-state index contributed by atoms with van der Waals surface area (Å²) in [5, 5.41) is 5.42. The summed E-state index contributed by atoms with van der Waals surface area (Å²) in [5.74, 6) is -0.564. The van der Waals surface area contributed by atoms with E-state index in [1.54, 1.807) is 23.1 Å². The summed E-state index contributed by atoms with van der Waals surface area (Å²) in [5.41, 5.74) is 0.440. The van der Waals surface area contributed by atoms with Gasteiger partial charge in [-0.25, -0.2) is 13.6 Å². The van der Waals surface area contributed by atoms with Gasteiger partial charge in [0.05, 0.1) is 50.5 Å². The summed E-state index contributed by atoms with van der Waals surface area (Å²) in [6.07, 6.45) is 0.511. The molecule has 1 aliphatic heterocycles. The van der Waals surface area contributed by atoms with Crippen molar-refractivity contribution < 1.29 is 27.4 Å². The smallest absolute Gasteiger partial charge is 0.238 e. The molecule has 1 amide bonds. The summed E-state index contributed by atoms with van der Waals surface area (Å²) in [6.45, 7) is 7.41. The van der Waals surface area contributed by atoms with Gasteiger partial charge in [-0.2, -0.15) is 0 Å². The first-order valence-electron chi connectivity index (χ1n) is 9.94. The van der Waals surface area contributed by atoms with Gasteiger partial charge in [0.1, 0.15) is 0 Å². The topological polar surface area (TPSA) is 108 Å². The number of primary sulfonamides is 1. The van der Waals surface area contributed by atoms with Crippen molar-refractivity contribution in [3.63, 3.8) is 0 Å². The van der Waals surface area contributed by atoms with Crippen LogP contribution < -0.4 is 5.14 Å². The van der Waals surface area contributed by atoms with E-state index in [2.05, 4.69) is 0 Å². The molecule has 0 aromatic heterocycles. The van der Waals surface area contributed by atoms with Gasteiger partial charge in [-0.05, 0) is 24.0 Å². The monoisotopic (exact) mass is 428 g/mol. The van der Waals surface area contributed by atoms with Gasteiger partial charge < -0.3 is 19.1 Å². The van der Waals surface area contributed by atoms with Gasteiger partial charge in [-0.15, -0.1) is 0 Å². The van der Waals surface area contributed by atoms with E-state index >= 15 is 0 Å². The van der Waals surface area contributed by atoms with Crippen molar-refractivity contribution >= 4 is 15.9 Å². The quantitative estimate of drug-likeness (QED) is 0.759. The molecule has 1 fully saturated rings. The number of nitrogens with zero attached hydrogens (tertiary/aromatic N) is 1. The second kappa shape index (κ2) is 11.6. The van der Waals surface area contributed by atoms with Crippen LogP contribution in [-0.4, -0.2) is 72.0 Å². The minimum atomic E-state index is -3.95. The van der Waals surface area contributed by atoms with Gasteiger partial charge >= 0.3 is 0 Å². The first kappa shape index (κ1) is 23.8. The normalized spacial score (nSPS) is 18.7. The lowest BCUT2D eigenvalue weighted by molar-refractivity contribution is -0.135. The van der Waals surface area contributed by atoms with Crippen LogP contribution in [-0.2, 0) is 29.0 Å². The molecule has 2 rings (SSSR count). The van der Waals surface area contributed by atoms with Crippen molar-refractivity contribution in [3.05, 3.63) is 29.8 Å².